The van der Waals surface area contributed by atoms with Gasteiger partial charge in [0.1, 0.15) is 0 Å². The Balaban J connectivity index is 0.00000312. The molecule has 2 heterocycles. The number of hydrogen-bond donors (Lipinski definition) is 1. The Morgan fingerprint density at radius 2 is 1.80 bits per heavy atom. The molecule has 2 fully saturated rings. The van der Waals surface area contributed by atoms with Gasteiger partial charge in [-0.25, -0.2) is 0 Å². The average molecular weight is 466 g/mol. The molecule has 2 aliphatic rings. The summed E-state index contributed by atoms with van der Waals surface area (Å²) >= 11 is 0. The lowest BCUT2D eigenvalue weighted by Gasteiger charge is -2.35. The predicted molar refractivity (Wildman–Crippen MR) is 117 cm³/mol. The molecular weight excluding hydrogens is 427 g/mol. The summed E-state index contributed by atoms with van der Waals surface area (Å²) in [5.74, 6) is 1.80. The van der Waals surface area contributed by atoms with Crippen LogP contribution >= 0.6 is 24.0 Å². The van der Waals surface area contributed by atoms with Gasteiger partial charge in [-0.1, -0.05) is 13.8 Å². The molecule has 5 nitrogen and oxygen atoms in total. The van der Waals surface area contributed by atoms with Gasteiger partial charge in [0, 0.05) is 39.3 Å². The second-order valence-electron chi connectivity index (χ2n) is 7.60. The van der Waals surface area contributed by atoms with Gasteiger partial charge in [-0.05, 0) is 58.0 Å². The number of piperidine rings is 1. The standard InChI is InChI=1S/C19H38N4O.HI/c1-5-24-18-8-12-23(13-9-18)19(20-4)21-15-17(14-16(2)3)22-10-6-7-11-22;/h16-18H,5-15H2,1-4H3,(H,20,21);1H. The van der Waals surface area contributed by atoms with E-state index in [1.54, 1.807) is 0 Å². The molecule has 0 aromatic heterocycles. The number of rotatable bonds is 7. The third-order valence-electron chi connectivity index (χ3n) is 5.25. The van der Waals surface area contributed by atoms with Gasteiger partial charge in [0.15, 0.2) is 5.96 Å². The summed E-state index contributed by atoms with van der Waals surface area (Å²) in [5.41, 5.74) is 0. The summed E-state index contributed by atoms with van der Waals surface area (Å²) in [6.45, 7) is 13.2. The first-order valence-electron chi connectivity index (χ1n) is 9.95. The van der Waals surface area contributed by atoms with Gasteiger partial charge in [-0.15, -0.1) is 24.0 Å². The number of halogens is 1. The van der Waals surface area contributed by atoms with Crippen molar-refractivity contribution in [2.45, 2.75) is 65.0 Å². The van der Waals surface area contributed by atoms with Gasteiger partial charge in [-0.2, -0.15) is 0 Å². The molecule has 2 rings (SSSR count). The fraction of sp³-hybridized carbons (Fsp3) is 0.947. The lowest BCUT2D eigenvalue weighted by atomic mass is 10.0. The van der Waals surface area contributed by atoms with Gasteiger partial charge < -0.3 is 15.0 Å². The van der Waals surface area contributed by atoms with E-state index in [2.05, 4.69) is 40.9 Å². The summed E-state index contributed by atoms with van der Waals surface area (Å²) in [6, 6.07) is 0.630. The lowest BCUT2D eigenvalue weighted by Crippen LogP contribution is -2.50. The zero-order chi connectivity index (χ0) is 17.4. The molecule has 2 saturated heterocycles. The van der Waals surface area contributed by atoms with Crippen molar-refractivity contribution in [3.8, 4) is 0 Å². The minimum absolute atomic E-state index is 0. The van der Waals surface area contributed by atoms with Crippen LogP contribution in [0.1, 0.15) is 52.9 Å². The van der Waals surface area contributed by atoms with Gasteiger partial charge in [-0.3, -0.25) is 9.89 Å². The largest absolute Gasteiger partial charge is 0.378 e. The van der Waals surface area contributed by atoms with Crippen LogP contribution in [0, 0.1) is 5.92 Å². The second kappa shape index (κ2) is 12.3. The maximum atomic E-state index is 5.76. The molecule has 0 aliphatic carbocycles. The molecule has 25 heavy (non-hydrogen) atoms. The van der Waals surface area contributed by atoms with Crippen molar-refractivity contribution in [3.63, 3.8) is 0 Å². The quantitative estimate of drug-likeness (QED) is 0.356. The molecule has 6 heteroatoms. The van der Waals surface area contributed by atoms with E-state index in [0.29, 0.717) is 12.1 Å². The summed E-state index contributed by atoms with van der Waals surface area (Å²) in [7, 11) is 1.91. The Labute approximate surface area is 172 Å². The van der Waals surface area contributed by atoms with E-state index in [4.69, 9.17) is 4.74 Å². The van der Waals surface area contributed by atoms with E-state index in [0.717, 1.165) is 51.0 Å². The van der Waals surface area contributed by atoms with Crippen molar-refractivity contribution in [2.24, 2.45) is 10.9 Å². The Bertz CT molecular complexity index is 378. The zero-order valence-electron chi connectivity index (χ0n) is 16.7. The van der Waals surface area contributed by atoms with Crippen molar-refractivity contribution >= 4 is 29.9 Å². The third-order valence-corrected chi connectivity index (χ3v) is 5.25. The highest BCUT2D eigenvalue weighted by Gasteiger charge is 2.25. The Morgan fingerprint density at radius 1 is 1.16 bits per heavy atom. The van der Waals surface area contributed by atoms with E-state index < -0.39 is 0 Å². The SMILES string of the molecule is CCOC1CCN(C(=NC)NCC(CC(C)C)N2CCCC2)CC1.I. The van der Waals surface area contributed by atoms with Crippen LogP contribution in [0.25, 0.3) is 0 Å². The minimum Gasteiger partial charge on any atom is -0.378 e. The number of hydrogen-bond acceptors (Lipinski definition) is 3. The number of likely N-dealkylation sites (tertiary alicyclic amines) is 2. The van der Waals surface area contributed by atoms with Crippen molar-refractivity contribution in [1.29, 1.82) is 0 Å². The van der Waals surface area contributed by atoms with E-state index >= 15 is 0 Å². The summed E-state index contributed by atoms with van der Waals surface area (Å²) in [6.07, 6.45) is 6.62. The summed E-state index contributed by atoms with van der Waals surface area (Å²) in [4.78, 5) is 9.60. The molecule has 0 aromatic carbocycles. The van der Waals surface area contributed by atoms with Gasteiger partial charge in [0.05, 0.1) is 6.10 Å². The van der Waals surface area contributed by atoms with Crippen LogP contribution in [0.3, 0.4) is 0 Å². The Hall–Kier alpha value is -0.0800. The van der Waals surface area contributed by atoms with Crippen LogP contribution in [-0.2, 0) is 4.74 Å². The van der Waals surface area contributed by atoms with E-state index in [9.17, 15) is 0 Å². The van der Waals surface area contributed by atoms with E-state index in [1.165, 1.54) is 32.4 Å². The Kier molecular flexibility index (Phi) is 11.3. The smallest absolute Gasteiger partial charge is 0.193 e. The highest BCUT2D eigenvalue weighted by Crippen LogP contribution is 2.18. The normalized spacial score (nSPS) is 21.5. The first-order valence-corrected chi connectivity index (χ1v) is 9.95. The van der Waals surface area contributed by atoms with E-state index in [-0.39, 0.29) is 24.0 Å². The topological polar surface area (TPSA) is 40.1 Å². The first-order chi connectivity index (χ1) is 11.6. The fourth-order valence-corrected chi connectivity index (χ4v) is 4.02. The van der Waals surface area contributed by atoms with Gasteiger partial charge in [0.2, 0.25) is 0 Å². The maximum absolute atomic E-state index is 5.76. The molecule has 1 atom stereocenters. The molecule has 0 radical (unpaired) electrons. The number of aliphatic imine (C=N–C) groups is 1. The van der Waals surface area contributed by atoms with Crippen molar-refractivity contribution in [2.75, 3.05) is 46.4 Å². The summed E-state index contributed by atoms with van der Waals surface area (Å²) in [5, 5.41) is 3.66. The van der Waals surface area contributed by atoms with E-state index in [1.807, 2.05) is 7.05 Å². The lowest BCUT2D eigenvalue weighted by molar-refractivity contribution is 0.0263. The van der Waals surface area contributed by atoms with Crippen LogP contribution in [0.15, 0.2) is 4.99 Å². The maximum Gasteiger partial charge on any atom is 0.193 e. The third kappa shape index (κ3) is 7.59. The molecule has 1 unspecified atom stereocenters. The average Bonchev–Trinajstić information content (AvgIpc) is 3.10. The number of nitrogens with zero attached hydrogens (tertiary/aromatic N) is 3. The fourth-order valence-electron chi connectivity index (χ4n) is 4.02. The molecule has 0 aromatic rings. The number of ether oxygens (including phenoxy) is 1. The molecule has 2 aliphatic heterocycles. The monoisotopic (exact) mass is 466 g/mol. The second-order valence-corrected chi connectivity index (χ2v) is 7.60. The highest BCUT2D eigenvalue weighted by atomic mass is 127. The van der Waals surface area contributed by atoms with Gasteiger partial charge >= 0.3 is 0 Å². The number of guanidine groups is 1. The first kappa shape index (κ1) is 23.0. The van der Waals surface area contributed by atoms with Crippen molar-refractivity contribution in [3.05, 3.63) is 0 Å². The van der Waals surface area contributed by atoms with Crippen LogP contribution in [0.2, 0.25) is 0 Å². The van der Waals surface area contributed by atoms with Gasteiger partial charge in [0.25, 0.3) is 0 Å². The minimum atomic E-state index is 0. The van der Waals surface area contributed by atoms with Crippen LogP contribution in [0.4, 0.5) is 0 Å². The van der Waals surface area contributed by atoms with Crippen molar-refractivity contribution < 1.29 is 4.74 Å². The van der Waals surface area contributed by atoms with Crippen LogP contribution in [-0.4, -0.2) is 74.3 Å². The summed E-state index contributed by atoms with van der Waals surface area (Å²) < 4.78 is 5.76. The molecule has 0 amide bonds. The van der Waals surface area contributed by atoms with Crippen molar-refractivity contribution in [1.82, 2.24) is 15.1 Å². The molecular formula is C19H39IN4O. The highest BCUT2D eigenvalue weighted by molar-refractivity contribution is 14.0. The zero-order valence-corrected chi connectivity index (χ0v) is 19.0. The Morgan fingerprint density at radius 3 is 2.32 bits per heavy atom. The van der Waals surface area contributed by atoms with Crippen LogP contribution < -0.4 is 5.32 Å². The number of nitrogens with one attached hydrogen (secondary N) is 1. The molecule has 0 saturated carbocycles. The molecule has 1 N–H and O–H groups in total. The molecule has 148 valence electrons. The molecule has 0 spiro atoms. The van der Waals surface area contributed by atoms with Crippen LogP contribution in [0.5, 0.6) is 0 Å². The molecule has 0 bridgehead atoms. The predicted octanol–water partition coefficient (Wildman–Crippen LogP) is 3.19.